The van der Waals surface area contributed by atoms with Crippen LogP contribution in [0.5, 0.6) is 0 Å². The molecule has 0 aromatic carbocycles. The first-order valence-corrected chi connectivity index (χ1v) is 4.09. The number of rotatable bonds is 1. The molecule has 0 bridgehead atoms. The lowest BCUT2D eigenvalue weighted by atomic mass is 9.98. The molecular formula is C8H15NO. The van der Waals surface area contributed by atoms with Gasteiger partial charge in [0.25, 0.3) is 0 Å². The number of amides is 1. The van der Waals surface area contributed by atoms with Crippen LogP contribution < -0.4 is 5.32 Å². The number of nitrogens with one attached hydrogen (secondary N) is 1. The van der Waals surface area contributed by atoms with Crippen LogP contribution in [0.1, 0.15) is 32.6 Å². The Labute approximate surface area is 62.0 Å². The van der Waals surface area contributed by atoms with Gasteiger partial charge in [0.2, 0.25) is 5.91 Å². The third-order valence-corrected chi connectivity index (χ3v) is 2.23. The standard InChI is InChI=1S/C8H15NO/c1-2-7-3-4-8(10)9-6-5-7/h7H,2-6H2,1H3,(H,9,10)/t7-/m1/s1. The van der Waals surface area contributed by atoms with E-state index in [2.05, 4.69) is 12.2 Å². The predicted octanol–water partition coefficient (Wildman–Crippen LogP) is 1.31. The van der Waals surface area contributed by atoms with Gasteiger partial charge in [-0.1, -0.05) is 13.3 Å². The van der Waals surface area contributed by atoms with Crippen LogP contribution in [0.15, 0.2) is 0 Å². The zero-order chi connectivity index (χ0) is 7.40. The van der Waals surface area contributed by atoms with Gasteiger partial charge in [-0.05, 0) is 18.8 Å². The molecule has 0 saturated carbocycles. The lowest BCUT2D eigenvalue weighted by molar-refractivity contribution is -0.120. The Morgan fingerprint density at radius 3 is 3.10 bits per heavy atom. The largest absolute Gasteiger partial charge is 0.356 e. The van der Waals surface area contributed by atoms with Crippen molar-refractivity contribution < 1.29 is 4.79 Å². The Balaban J connectivity index is 2.33. The molecule has 0 radical (unpaired) electrons. The molecule has 0 aromatic heterocycles. The summed E-state index contributed by atoms with van der Waals surface area (Å²) in [5, 5.41) is 2.87. The van der Waals surface area contributed by atoms with Crippen molar-refractivity contribution in [3.8, 4) is 0 Å². The molecule has 1 fully saturated rings. The fourth-order valence-electron chi connectivity index (χ4n) is 1.39. The van der Waals surface area contributed by atoms with Crippen LogP contribution in [0.4, 0.5) is 0 Å². The van der Waals surface area contributed by atoms with Gasteiger partial charge >= 0.3 is 0 Å². The zero-order valence-electron chi connectivity index (χ0n) is 6.52. The fraction of sp³-hybridized carbons (Fsp3) is 0.875. The monoisotopic (exact) mass is 141 g/mol. The third kappa shape index (κ3) is 2.01. The van der Waals surface area contributed by atoms with E-state index in [1.165, 1.54) is 12.8 Å². The van der Waals surface area contributed by atoms with Crippen LogP contribution in [-0.4, -0.2) is 12.5 Å². The van der Waals surface area contributed by atoms with Gasteiger partial charge in [0.05, 0.1) is 0 Å². The first kappa shape index (κ1) is 7.58. The van der Waals surface area contributed by atoms with Crippen molar-refractivity contribution in [2.75, 3.05) is 6.54 Å². The molecule has 2 heteroatoms. The number of carbonyl (C=O) groups is 1. The summed E-state index contributed by atoms with van der Waals surface area (Å²) < 4.78 is 0. The Morgan fingerprint density at radius 1 is 1.60 bits per heavy atom. The van der Waals surface area contributed by atoms with Crippen LogP contribution in [0.25, 0.3) is 0 Å². The average Bonchev–Trinajstić information content (AvgIpc) is 2.14. The van der Waals surface area contributed by atoms with Gasteiger partial charge < -0.3 is 5.32 Å². The maximum absolute atomic E-state index is 10.8. The molecule has 2 nitrogen and oxygen atoms in total. The SMILES string of the molecule is CC[C@H]1CCNC(=O)CC1. The summed E-state index contributed by atoms with van der Waals surface area (Å²) in [5.41, 5.74) is 0. The quantitative estimate of drug-likeness (QED) is 0.586. The number of hydrogen-bond donors (Lipinski definition) is 1. The van der Waals surface area contributed by atoms with Gasteiger partial charge in [-0.3, -0.25) is 4.79 Å². The molecule has 0 aliphatic carbocycles. The smallest absolute Gasteiger partial charge is 0.220 e. The molecule has 1 heterocycles. The summed E-state index contributed by atoms with van der Waals surface area (Å²) in [6.45, 7) is 3.08. The minimum atomic E-state index is 0.232. The summed E-state index contributed by atoms with van der Waals surface area (Å²) in [5.74, 6) is 1.01. The van der Waals surface area contributed by atoms with Crippen LogP contribution in [-0.2, 0) is 4.79 Å². The van der Waals surface area contributed by atoms with E-state index < -0.39 is 0 Å². The molecule has 1 atom stereocenters. The Hall–Kier alpha value is -0.530. The zero-order valence-corrected chi connectivity index (χ0v) is 6.52. The second-order valence-electron chi connectivity index (χ2n) is 2.95. The molecule has 10 heavy (non-hydrogen) atoms. The van der Waals surface area contributed by atoms with E-state index in [0.29, 0.717) is 0 Å². The van der Waals surface area contributed by atoms with E-state index in [9.17, 15) is 4.79 Å². The lowest BCUT2D eigenvalue weighted by Gasteiger charge is -2.07. The van der Waals surface area contributed by atoms with Gasteiger partial charge in [-0.2, -0.15) is 0 Å². The predicted molar refractivity (Wildman–Crippen MR) is 40.6 cm³/mol. The summed E-state index contributed by atoms with van der Waals surface area (Å²) in [6, 6.07) is 0. The third-order valence-electron chi connectivity index (χ3n) is 2.23. The topological polar surface area (TPSA) is 29.1 Å². The normalized spacial score (nSPS) is 27.3. The maximum Gasteiger partial charge on any atom is 0.220 e. The van der Waals surface area contributed by atoms with E-state index in [4.69, 9.17) is 0 Å². The highest BCUT2D eigenvalue weighted by atomic mass is 16.1. The van der Waals surface area contributed by atoms with E-state index in [1.807, 2.05) is 0 Å². The molecule has 1 aliphatic rings. The summed E-state index contributed by atoms with van der Waals surface area (Å²) in [6.07, 6.45) is 4.21. The molecule has 1 aliphatic heterocycles. The molecule has 58 valence electrons. The molecule has 0 unspecified atom stereocenters. The minimum absolute atomic E-state index is 0.232. The second-order valence-corrected chi connectivity index (χ2v) is 2.95. The van der Waals surface area contributed by atoms with Crippen LogP contribution >= 0.6 is 0 Å². The van der Waals surface area contributed by atoms with Gasteiger partial charge in [-0.15, -0.1) is 0 Å². The van der Waals surface area contributed by atoms with Crippen molar-refractivity contribution in [1.29, 1.82) is 0 Å². The van der Waals surface area contributed by atoms with Crippen molar-refractivity contribution in [3.05, 3.63) is 0 Å². The summed E-state index contributed by atoms with van der Waals surface area (Å²) in [4.78, 5) is 10.8. The lowest BCUT2D eigenvalue weighted by Crippen LogP contribution is -2.21. The highest BCUT2D eigenvalue weighted by Crippen LogP contribution is 2.16. The molecule has 0 spiro atoms. The highest BCUT2D eigenvalue weighted by Gasteiger charge is 2.13. The van der Waals surface area contributed by atoms with E-state index >= 15 is 0 Å². The van der Waals surface area contributed by atoms with Crippen molar-refractivity contribution in [3.63, 3.8) is 0 Å². The summed E-state index contributed by atoms with van der Waals surface area (Å²) >= 11 is 0. The van der Waals surface area contributed by atoms with Crippen molar-refractivity contribution in [2.45, 2.75) is 32.6 Å². The Bertz CT molecular complexity index is 122. The molecule has 1 rings (SSSR count). The van der Waals surface area contributed by atoms with E-state index in [1.54, 1.807) is 0 Å². The molecule has 1 N–H and O–H groups in total. The van der Waals surface area contributed by atoms with Gasteiger partial charge in [0.15, 0.2) is 0 Å². The average molecular weight is 141 g/mol. The highest BCUT2D eigenvalue weighted by molar-refractivity contribution is 5.76. The maximum atomic E-state index is 10.8. The van der Waals surface area contributed by atoms with Gasteiger partial charge in [0, 0.05) is 13.0 Å². The Morgan fingerprint density at radius 2 is 2.40 bits per heavy atom. The van der Waals surface area contributed by atoms with E-state index in [-0.39, 0.29) is 5.91 Å². The molecular weight excluding hydrogens is 126 g/mol. The van der Waals surface area contributed by atoms with Crippen molar-refractivity contribution >= 4 is 5.91 Å². The first-order chi connectivity index (χ1) is 4.83. The molecule has 1 amide bonds. The second kappa shape index (κ2) is 3.59. The minimum Gasteiger partial charge on any atom is -0.356 e. The fourth-order valence-corrected chi connectivity index (χ4v) is 1.39. The first-order valence-electron chi connectivity index (χ1n) is 4.09. The number of carbonyl (C=O) groups excluding carboxylic acids is 1. The van der Waals surface area contributed by atoms with Gasteiger partial charge in [-0.25, -0.2) is 0 Å². The van der Waals surface area contributed by atoms with Gasteiger partial charge in [0.1, 0.15) is 0 Å². The number of hydrogen-bond acceptors (Lipinski definition) is 1. The molecule has 1 saturated heterocycles. The Kier molecular flexibility index (Phi) is 2.72. The van der Waals surface area contributed by atoms with Crippen molar-refractivity contribution in [1.82, 2.24) is 5.32 Å². The molecule has 0 aromatic rings. The van der Waals surface area contributed by atoms with E-state index in [0.717, 1.165) is 25.3 Å². The van der Waals surface area contributed by atoms with Crippen LogP contribution in [0, 0.1) is 5.92 Å². The van der Waals surface area contributed by atoms with Crippen LogP contribution in [0.3, 0.4) is 0 Å². The van der Waals surface area contributed by atoms with Crippen LogP contribution in [0.2, 0.25) is 0 Å². The van der Waals surface area contributed by atoms with Crippen molar-refractivity contribution in [2.24, 2.45) is 5.92 Å². The summed E-state index contributed by atoms with van der Waals surface area (Å²) in [7, 11) is 0.